The molecule has 2 heterocycles. The van der Waals surface area contributed by atoms with E-state index in [9.17, 15) is 4.79 Å². The van der Waals surface area contributed by atoms with Crippen LogP contribution in [-0.2, 0) is 6.42 Å². The second-order valence-electron chi connectivity index (χ2n) is 5.32. The number of nitrogens with one attached hydrogen (secondary N) is 2. The van der Waals surface area contributed by atoms with Gasteiger partial charge in [-0.05, 0) is 24.1 Å². The molecular weight excluding hydrogens is 308 g/mol. The van der Waals surface area contributed by atoms with Gasteiger partial charge in [0.25, 0.3) is 0 Å². The quantitative estimate of drug-likeness (QED) is 0.902. The second kappa shape index (κ2) is 6.66. The summed E-state index contributed by atoms with van der Waals surface area (Å²) in [5.41, 5.74) is 1.90. The first-order valence-electron chi connectivity index (χ1n) is 7.68. The van der Waals surface area contributed by atoms with E-state index in [2.05, 4.69) is 15.6 Å². The van der Waals surface area contributed by atoms with Gasteiger partial charge in [-0.15, -0.1) is 0 Å². The average molecular weight is 328 g/mol. The molecule has 0 fully saturated rings. The molecule has 1 aliphatic heterocycles. The van der Waals surface area contributed by atoms with Crippen LogP contribution < -0.4 is 25.0 Å². The van der Waals surface area contributed by atoms with E-state index in [0.29, 0.717) is 23.8 Å². The van der Waals surface area contributed by atoms with Gasteiger partial charge in [0.05, 0.1) is 12.8 Å². The van der Waals surface area contributed by atoms with E-state index in [4.69, 9.17) is 9.47 Å². The molecule has 0 unspecified atom stereocenters. The molecule has 1 aromatic heterocycles. The van der Waals surface area contributed by atoms with Crippen molar-refractivity contribution in [2.24, 2.45) is 0 Å². The first kappa shape index (κ1) is 15.9. The number of methoxy groups -OCH3 is 1. The molecule has 0 atom stereocenters. The smallest absolute Gasteiger partial charge is 0.321 e. The molecular formula is C17H20N4O3. The fourth-order valence-corrected chi connectivity index (χ4v) is 2.72. The summed E-state index contributed by atoms with van der Waals surface area (Å²) in [5, 5.41) is 5.63. The van der Waals surface area contributed by atoms with Crippen LogP contribution in [0, 0.1) is 0 Å². The summed E-state index contributed by atoms with van der Waals surface area (Å²) < 4.78 is 11.4. The van der Waals surface area contributed by atoms with E-state index >= 15 is 0 Å². The molecule has 0 bridgehead atoms. The molecule has 2 aromatic rings. The third-order valence-electron chi connectivity index (χ3n) is 3.93. The van der Waals surface area contributed by atoms with Crippen molar-refractivity contribution >= 4 is 17.5 Å². The molecule has 24 heavy (non-hydrogen) atoms. The number of anilines is 2. The van der Waals surface area contributed by atoms with Gasteiger partial charge in [0.15, 0.2) is 11.5 Å². The summed E-state index contributed by atoms with van der Waals surface area (Å²) in [6, 6.07) is 7.23. The third kappa shape index (κ3) is 2.92. The summed E-state index contributed by atoms with van der Waals surface area (Å²) in [5.74, 6) is 2.57. The maximum Gasteiger partial charge on any atom is 0.321 e. The number of benzene rings is 1. The lowest BCUT2D eigenvalue weighted by Gasteiger charge is -2.18. The standard InChI is InChI=1S/C17H20N4O3/c1-18-16-9-12(4-6-20-16)24-15-8-11-5-7-21(17(22)19-2)13(11)10-14(15)23-3/h4,6,8-10H,5,7H2,1-3H3,(H,18,20)(H,19,22). The van der Waals surface area contributed by atoms with Gasteiger partial charge in [-0.1, -0.05) is 0 Å². The van der Waals surface area contributed by atoms with Gasteiger partial charge in [-0.25, -0.2) is 9.78 Å². The minimum atomic E-state index is -0.128. The first-order chi connectivity index (χ1) is 11.7. The Balaban J connectivity index is 1.93. The summed E-state index contributed by atoms with van der Waals surface area (Å²) in [6.07, 6.45) is 2.45. The molecule has 1 aromatic carbocycles. The number of ether oxygens (including phenoxy) is 2. The lowest BCUT2D eigenvalue weighted by molar-refractivity contribution is 0.248. The SMILES string of the molecule is CNC(=O)N1CCc2cc(Oc3ccnc(NC)c3)c(OC)cc21. The van der Waals surface area contributed by atoms with Gasteiger partial charge in [0.1, 0.15) is 11.6 Å². The maximum atomic E-state index is 12.0. The minimum Gasteiger partial charge on any atom is -0.493 e. The fraction of sp³-hybridized carbons (Fsp3) is 0.294. The van der Waals surface area contributed by atoms with Crippen LogP contribution >= 0.6 is 0 Å². The number of nitrogens with zero attached hydrogens (tertiary/aromatic N) is 2. The van der Waals surface area contributed by atoms with E-state index in [1.54, 1.807) is 38.4 Å². The van der Waals surface area contributed by atoms with E-state index in [-0.39, 0.29) is 6.03 Å². The molecule has 0 aliphatic carbocycles. The van der Waals surface area contributed by atoms with Crippen molar-refractivity contribution in [2.45, 2.75) is 6.42 Å². The van der Waals surface area contributed by atoms with Crippen molar-refractivity contribution < 1.29 is 14.3 Å². The molecule has 7 heteroatoms. The Morgan fingerprint density at radius 3 is 2.79 bits per heavy atom. The second-order valence-corrected chi connectivity index (χ2v) is 5.32. The monoisotopic (exact) mass is 328 g/mol. The van der Waals surface area contributed by atoms with E-state index in [1.807, 2.05) is 18.2 Å². The average Bonchev–Trinajstić information content (AvgIpc) is 3.03. The third-order valence-corrected chi connectivity index (χ3v) is 3.93. The predicted molar refractivity (Wildman–Crippen MR) is 92.4 cm³/mol. The normalized spacial score (nSPS) is 12.5. The van der Waals surface area contributed by atoms with Gasteiger partial charge in [-0.3, -0.25) is 4.90 Å². The summed E-state index contributed by atoms with van der Waals surface area (Å²) in [7, 11) is 5.01. The number of aromatic nitrogens is 1. The highest BCUT2D eigenvalue weighted by atomic mass is 16.5. The minimum absolute atomic E-state index is 0.128. The number of fused-ring (bicyclic) bond motifs is 1. The molecule has 2 N–H and O–H groups in total. The van der Waals surface area contributed by atoms with E-state index in [1.165, 1.54) is 0 Å². The Morgan fingerprint density at radius 2 is 2.08 bits per heavy atom. The van der Waals surface area contributed by atoms with Crippen LogP contribution in [0.2, 0.25) is 0 Å². The lowest BCUT2D eigenvalue weighted by Crippen LogP contribution is -2.36. The van der Waals surface area contributed by atoms with E-state index in [0.717, 1.165) is 23.5 Å². The fourth-order valence-electron chi connectivity index (χ4n) is 2.72. The summed E-state index contributed by atoms with van der Waals surface area (Å²) >= 11 is 0. The largest absolute Gasteiger partial charge is 0.493 e. The number of hydrogen-bond donors (Lipinski definition) is 2. The van der Waals surface area contributed by atoms with Crippen LogP contribution in [0.5, 0.6) is 17.2 Å². The maximum absolute atomic E-state index is 12.0. The van der Waals surface area contributed by atoms with Crippen LogP contribution in [-0.4, -0.2) is 38.8 Å². The molecule has 2 amide bonds. The highest BCUT2D eigenvalue weighted by Gasteiger charge is 2.26. The van der Waals surface area contributed by atoms with Gasteiger partial charge in [0.2, 0.25) is 0 Å². The first-order valence-corrected chi connectivity index (χ1v) is 7.68. The predicted octanol–water partition coefficient (Wildman–Crippen LogP) is 2.63. The van der Waals surface area contributed by atoms with Crippen molar-refractivity contribution in [3.63, 3.8) is 0 Å². The van der Waals surface area contributed by atoms with Crippen molar-refractivity contribution in [1.29, 1.82) is 0 Å². The zero-order valence-electron chi connectivity index (χ0n) is 13.9. The number of hydrogen-bond acceptors (Lipinski definition) is 5. The molecule has 7 nitrogen and oxygen atoms in total. The zero-order valence-corrected chi connectivity index (χ0v) is 13.9. The lowest BCUT2D eigenvalue weighted by atomic mass is 10.1. The van der Waals surface area contributed by atoms with Crippen LogP contribution in [0.4, 0.5) is 16.3 Å². The van der Waals surface area contributed by atoms with Gasteiger partial charge in [0, 0.05) is 39.0 Å². The highest BCUT2D eigenvalue weighted by molar-refractivity contribution is 5.94. The molecule has 1 aliphatic rings. The molecule has 126 valence electrons. The number of amides is 2. The molecule has 0 saturated carbocycles. The zero-order chi connectivity index (χ0) is 17.1. The summed E-state index contributed by atoms with van der Waals surface area (Å²) in [6.45, 7) is 0.640. The molecule has 0 saturated heterocycles. The number of rotatable bonds is 4. The number of carbonyl (C=O) groups excluding carboxylic acids is 1. The van der Waals surface area contributed by atoms with Crippen molar-refractivity contribution in [2.75, 3.05) is 38.0 Å². The van der Waals surface area contributed by atoms with Crippen molar-refractivity contribution in [3.8, 4) is 17.2 Å². The van der Waals surface area contributed by atoms with Crippen molar-refractivity contribution in [1.82, 2.24) is 10.3 Å². The van der Waals surface area contributed by atoms with Crippen molar-refractivity contribution in [3.05, 3.63) is 36.0 Å². The van der Waals surface area contributed by atoms with Crippen LogP contribution in [0.25, 0.3) is 0 Å². The van der Waals surface area contributed by atoms with Gasteiger partial charge >= 0.3 is 6.03 Å². The molecule has 0 radical (unpaired) electrons. The molecule has 0 spiro atoms. The van der Waals surface area contributed by atoms with E-state index < -0.39 is 0 Å². The topological polar surface area (TPSA) is 75.7 Å². The Hall–Kier alpha value is -2.96. The Labute approximate surface area is 140 Å². The summed E-state index contributed by atoms with van der Waals surface area (Å²) in [4.78, 5) is 17.8. The molecule has 3 rings (SSSR count). The highest BCUT2D eigenvalue weighted by Crippen LogP contribution is 2.40. The Kier molecular flexibility index (Phi) is 4.41. The number of pyridine rings is 1. The number of urea groups is 1. The Morgan fingerprint density at radius 1 is 1.25 bits per heavy atom. The number of carbonyl (C=O) groups is 1. The van der Waals surface area contributed by atoms with Crippen LogP contribution in [0.1, 0.15) is 5.56 Å². The van der Waals surface area contributed by atoms with Gasteiger partial charge in [-0.2, -0.15) is 0 Å². The van der Waals surface area contributed by atoms with Gasteiger partial charge < -0.3 is 20.1 Å². The van der Waals surface area contributed by atoms with Crippen LogP contribution in [0.3, 0.4) is 0 Å². The Bertz CT molecular complexity index is 763. The van der Waals surface area contributed by atoms with Crippen LogP contribution in [0.15, 0.2) is 30.5 Å².